The summed E-state index contributed by atoms with van der Waals surface area (Å²) in [6, 6.07) is 17.5. The van der Waals surface area contributed by atoms with Crippen LogP contribution in [-0.2, 0) is 0 Å². The van der Waals surface area contributed by atoms with E-state index in [0.29, 0.717) is 11.6 Å². The highest BCUT2D eigenvalue weighted by Crippen LogP contribution is 2.28. The minimum absolute atomic E-state index is 0.662. The molecule has 5 nitrogen and oxygen atoms in total. The molecule has 0 unspecified atom stereocenters. The van der Waals surface area contributed by atoms with Crippen LogP contribution in [-0.4, -0.2) is 19.7 Å². The number of nitrogens with zero attached hydrogens (tertiary/aromatic N) is 4. The van der Waals surface area contributed by atoms with E-state index in [-0.39, 0.29) is 0 Å². The van der Waals surface area contributed by atoms with E-state index in [2.05, 4.69) is 15.2 Å². The molecule has 3 heterocycles. The van der Waals surface area contributed by atoms with E-state index in [0.717, 1.165) is 17.1 Å². The van der Waals surface area contributed by atoms with Gasteiger partial charge in [-0.2, -0.15) is 0 Å². The third-order valence-corrected chi connectivity index (χ3v) is 3.36. The molecule has 0 bridgehead atoms. The second-order valence-corrected chi connectivity index (χ2v) is 4.73. The molecule has 0 spiro atoms. The first-order valence-electron chi connectivity index (χ1n) is 6.88. The topological polar surface area (TPSA) is 56.7 Å². The number of hydrogen-bond donors (Lipinski definition) is 0. The van der Waals surface area contributed by atoms with Gasteiger partial charge < -0.3 is 4.42 Å². The molecule has 0 saturated carbocycles. The van der Waals surface area contributed by atoms with Gasteiger partial charge in [0, 0.05) is 18.0 Å². The maximum Gasteiger partial charge on any atom is 0.204 e. The van der Waals surface area contributed by atoms with Gasteiger partial charge in [0.25, 0.3) is 0 Å². The molecule has 0 saturated heterocycles. The van der Waals surface area contributed by atoms with Crippen LogP contribution in [0.1, 0.15) is 0 Å². The smallest absolute Gasteiger partial charge is 0.204 e. The van der Waals surface area contributed by atoms with E-state index in [1.54, 1.807) is 18.7 Å². The lowest BCUT2D eigenvalue weighted by atomic mass is 10.2. The Morgan fingerprint density at radius 2 is 1.55 bits per heavy atom. The number of pyridine rings is 1. The Kier molecular flexibility index (Phi) is 3.01. The van der Waals surface area contributed by atoms with Crippen LogP contribution < -0.4 is 0 Å². The summed E-state index contributed by atoms with van der Waals surface area (Å²) in [4.78, 5) is 4.07. The summed E-state index contributed by atoms with van der Waals surface area (Å²) in [6.07, 6.45) is 5.12. The van der Waals surface area contributed by atoms with Gasteiger partial charge in [0.2, 0.25) is 5.82 Å². The summed E-state index contributed by atoms with van der Waals surface area (Å²) in [5.41, 5.74) is 1.93. The lowest BCUT2D eigenvalue weighted by Crippen LogP contribution is -1.99. The Labute approximate surface area is 126 Å². The number of rotatable bonds is 3. The summed E-state index contributed by atoms with van der Waals surface area (Å²) in [7, 11) is 0. The molecule has 4 rings (SSSR count). The molecule has 4 aromatic rings. The SMILES string of the molecule is c1ccc(-c2nnc(-c3ccco3)n2-c2ccncc2)cc1. The molecular weight excluding hydrogens is 276 g/mol. The summed E-state index contributed by atoms with van der Waals surface area (Å²) in [6.45, 7) is 0. The molecule has 0 fully saturated rings. The largest absolute Gasteiger partial charge is 0.461 e. The zero-order chi connectivity index (χ0) is 14.8. The fourth-order valence-corrected chi connectivity index (χ4v) is 2.36. The Bertz CT molecular complexity index is 868. The van der Waals surface area contributed by atoms with Gasteiger partial charge in [-0.05, 0) is 24.3 Å². The van der Waals surface area contributed by atoms with Crippen LogP contribution in [0, 0.1) is 0 Å². The fourth-order valence-electron chi connectivity index (χ4n) is 2.36. The predicted octanol–water partition coefficient (Wildman–Crippen LogP) is 3.59. The van der Waals surface area contributed by atoms with E-state index in [4.69, 9.17) is 4.42 Å². The molecule has 0 aliphatic rings. The average molecular weight is 288 g/mol. The van der Waals surface area contributed by atoms with E-state index in [1.807, 2.05) is 59.2 Å². The molecule has 0 radical (unpaired) electrons. The van der Waals surface area contributed by atoms with Gasteiger partial charge in [0.15, 0.2) is 11.6 Å². The maximum absolute atomic E-state index is 5.49. The van der Waals surface area contributed by atoms with E-state index < -0.39 is 0 Å². The number of furan rings is 1. The molecule has 106 valence electrons. The summed E-state index contributed by atoms with van der Waals surface area (Å²) >= 11 is 0. The molecule has 1 aromatic carbocycles. The first-order chi connectivity index (χ1) is 10.9. The van der Waals surface area contributed by atoms with Crippen molar-refractivity contribution in [2.45, 2.75) is 0 Å². The molecule has 5 heteroatoms. The molecule has 0 N–H and O–H groups in total. The van der Waals surface area contributed by atoms with Crippen molar-refractivity contribution in [3.63, 3.8) is 0 Å². The third kappa shape index (κ3) is 2.09. The van der Waals surface area contributed by atoms with Gasteiger partial charge >= 0.3 is 0 Å². The molecule has 0 aliphatic heterocycles. The standard InChI is InChI=1S/C17H12N4O/c1-2-5-13(6-3-1)16-19-20-17(15-7-4-12-22-15)21(16)14-8-10-18-11-9-14/h1-12H. The summed E-state index contributed by atoms with van der Waals surface area (Å²) < 4.78 is 7.46. The van der Waals surface area contributed by atoms with Gasteiger partial charge in [-0.15, -0.1) is 10.2 Å². The molecule has 0 atom stereocenters. The van der Waals surface area contributed by atoms with Crippen molar-refractivity contribution in [2.24, 2.45) is 0 Å². The van der Waals surface area contributed by atoms with Crippen LogP contribution in [0.3, 0.4) is 0 Å². The second kappa shape index (κ2) is 5.29. The molecule has 0 amide bonds. The quantitative estimate of drug-likeness (QED) is 0.578. The van der Waals surface area contributed by atoms with Crippen molar-refractivity contribution in [1.82, 2.24) is 19.7 Å². The lowest BCUT2D eigenvalue weighted by molar-refractivity contribution is 0.575. The van der Waals surface area contributed by atoms with Crippen LogP contribution in [0.4, 0.5) is 0 Å². The van der Waals surface area contributed by atoms with Crippen LogP contribution in [0.2, 0.25) is 0 Å². The minimum Gasteiger partial charge on any atom is -0.461 e. The predicted molar refractivity (Wildman–Crippen MR) is 82.3 cm³/mol. The van der Waals surface area contributed by atoms with Gasteiger partial charge in [-0.3, -0.25) is 9.55 Å². The highest BCUT2D eigenvalue weighted by atomic mass is 16.3. The van der Waals surface area contributed by atoms with Crippen LogP contribution >= 0.6 is 0 Å². The van der Waals surface area contributed by atoms with Crippen molar-refractivity contribution >= 4 is 0 Å². The van der Waals surface area contributed by atoms with Gasteiger partial charge in [0.05, 0.1) is 12.0 Å². The highest BCUT2D eigenvalue weighted by Gasteiger charge is 2.18. The van der Waals surface area contributed by atoms with Gasteiger partial charge in [-0.1, -0.05) is 30.3 Å². The Morgan fingerprint density at radius 1 is 0.773 bits per heavy atom. The van der Waals surface area contributed by atoms with Gasteiger partial charge in [0.1, 0.15) is 0 Å². The zero-order valence-electron chi connectivity index (χ0n) is 11.6. The van der Waals surface area contributed by atoms with Crippen LogP contribution in [0.5, 0.6) is 0 Å². The van der Waals surface area contributed by atoms with Crippen molar-refractivity contribution < 1.29 is 4.42 Å². The van der Waals surface area contributed by atoms with Crippen molar-refractivity contribution in [3.05, 3.63) is 73.3 Å². The van der Waals surface area contributed by atoms with Crippen molar-refractivity contribution in [2.75, 3.05) is 0 Å². The monoisotopic (exact) mass is 288 g/mol. The second-order valence-electron chi connectivity index (χ2n) is 4.73. The first kappa shape index (κ1) is 12.5. The molecule has 0 aliphatic carbocycles. The lowest BCUT2D eigenvalue weighted by Gasteiger charge is -2.09. The number of benzene rings is 1. The Hall–Kier alpha value is -3.21. The van der Waals surface area contributed by atoms with Crippen molar-refractivity contribution in [3.8, 4) is 28.7 Å². The first-order valence-corrected chi connectivity index (χ1v) is 6.88. The normalized spacial score (nSPS) is 10.7. The third-order valence-electron chi connectivity index (χ3n) is 3.36. The van der Waals surface area contributed by atoms with E-state index in [1.165, 1.54) is 0 Å². The Morgan fingerprint density at radius 3 is 2.27 bits per heavy atom. The number of hydrogen-bond acceptors (Lipinski definition) is 4. The molecule has 3 aromatic heterocycles. The van der Waals surface area contributed by atoms with Crippen LogP contribution in [0.25, 0.3) is 28.7 Å². The summed E-state index contributed by atoms with van der Waals surface area (Å²) in [5, 5.41) is 8.66. The van der Waals surface area contributed by atoms with E-state index in [9.17, 15) is 0 Å². The number of aromatic nitrogens is 4. The van der Waals surface area contributed by atoms with Gasteiger partial charge in [-0.25, -0.2) is 0 Å². The van der Waals surface area contributed by atoms with Crippen LogP contribution in [0.15, 0.2) is 77.7 Å². The van der Waals surface area contributed by atoms with Crippen molar-refractivity contribution in [1.29, 1.82) is 0 Å². The highest BCUT2D eigenvalue weighted by molar-refractivity contribution is 5.64. The average Bonchev–Trinajstić information content (AvgIpc) is 3.25. The zero-order valence-corrected chi connectivity index (χ0v) is 11.6. The minimum atomic E-state index is 0.662. The maximum atomic E-state index is 5.49. The fraction of sp³-hybridized carbons (Fsp3) is 0. The van der Waals surface area contributed by atoms with E-state index >= 15 is 0 Å². The summed E-state index contributed by atoms with van der Waals surface area (Å²) in [5.74, 6) is 2.10. The Balaban J connectivity index is 1.97. The molecule has 22 heavy (non-hydrogen) atoms. The molecular formula is C17H12N4O.